The van der Waals surface area contributed by atoms with Gasteiger partial charge in [-0.15, -0.1) is 0 Å². The van der Waals surface area contributed by atoms with Gasteiger partial charge < -0.3 is 20.3 Å². The molecular weight excluding hydrogens is 983 g/mol. The Morgan fingerprint density at radius 1 is 0.338 bits per heavy atom. The number of nitrogens with one attached hydrogen (secondary N) is 1. The minimum Gasteiger partial charge on any atom is -0.466 e. The van der Waals surface area contributed by atoms with Crippen LogP contribution in [-0.2, 0) is 14.3 Å². The van der Waals surface area contributed by atoms with E-state index >= 15 is 0 Å². The van der Waals surface area contributed by atoms with Crippen molar-refractivity contribution in [2.45, 2.75) is 424 Å². The van der Waals surface area contributed by atoms with Crippen LogP contribution in [0.2, 0.25) is 0 Å². The number of hydrogen-bond acceptors (Lipinski definition) is 5. The Labute approximate surface area is 501 Å². The van der Waals surface area contributed by atoms with Crippen LogP contribution in [0.5, 0.6) is 0 Å². The number of esters is 1. The van der Waals surface area contributed by atoms with Gasteiger partial charge >= 0.3 is 5.97 Å². The van der Waals surface area contributed by atoms with Gasteiger partial charge in [0.15, 0.2) is 0 Å². The van der Waals surface area contributed by atoms with Crippen molar-refractivity contribution >= 4 is 11.9 Å². The van der Waals surface area contributed by atoms with Crippen LogP contribution in [0.25, 0.3) is 0 Å². The second kappa shape index (κ2) is 69.8. The number of rotatable bonds is 69. The summed E-state index contributed by atoms with van der Waals surface area (Å²) >= 11 is 0. The number of amides is 1. The molecule has 0 aliphatic heterocycles. The fraction of sp³-hybridized carbons (Fsp3) is 0.919. The van der Waals surface area contributed by atoms with Crippen molar-refractivity contribution < 1.29 is 24.5 Å². The number of aliphatic hydroxyl groups excluding tert-OH is 2. The van der Waals surface area contributed by atoms with Gasteiger partial charge in [0, 0.05) is 12.8 Å². The summed E-state index contributed by atoms with van der Waals surface area (Å²) in [5.41, 5.74) is 0. The highest BCUT2D eigenvalue weighted by Gasteiger charge is 2.18. The van der Waals surface area contributed by atoms with Crippen LogP contribution in [0.15, 0.2) is 24.3 Å². The molecule has 3 N–H and O–H groups in total. The standard InChI is InChI=1S/C74H143NO5/c1-3-5-7-9-11-13-15-17-19-20-36-40-44-48-52-56-60-64-68-74(79)80-69-65-61-57-53-49-45-41-37-34-32-30-28-26-24-22-21-23-25-27-29-31-33-35-39-43-47-51-55-59-63-67-73(78)75-71(70-76)72(77)66-62-58-54-50-46-42-38-18-16-14-12-10-8-6-4-2/h22,24,62,66,71-72,76-77H,3-21,23,25-61,63-65,67-70H2,1-2H3,(H,75,78)/b24-22-,66-62+. The number of carbonyl (C=O) groups excluding carboxylic acids is 2. The van der Waals surface area contributed by atoms with E-state index in [2.05, 4.69) is 31.3 Å². The Morgan fingerprint density at radius 3 is 0.887 bits per heavy atom. The predicted octanol–water partition coefficient (Wildman–Crippen LogP) is 23.7. The van der Waals surface area contributed by atoms with Gasteiger partial charge in [0.25, 0.3) is 0 Å². The van der Waals surface area contributed by atoms with Crippen LogP contribution in [0.4, 0.5) is 0 Å². The molecule has 0 saturated carbocycles. The third-order valence-corrected chi connectivity index (χ3v) is 17.2. The van der Waals surface area contributed by atoms with Crippen molar-refractivity contribution in [2.75, 3.05) is 13.2 Å². The van der Waals surface area contributed by atoms with Crippen LogP contribution < -0.4 is 5.32 Å². The molecule has 0 fully saturated rings. The summed E-state index contributed by atoms with van der Waals surface area (Å²) in [6.07, 6.45) is 88.4. The molecule has 0 aromatic heterocycles. The number of hydrogen-bond donors (Lipinski definition) is 3. The van der Waals surface area contributed by atoms with Crippen LogP contribution in [-0.4, -0.2) is 47.4 Å². The zero-order valence-electron chi connectivity index (χ0n) is 54.3. The Balaban J connectivity index is 3.35. The maximum atomic E-state index is 12.5. The summed E-state index contributed by atoms with van der Waals surface area (Å²) in [4.78, 5) is 24.6. The summed E-state index contributed by atoms with van der Waals surface area (Å²) in [5.74, 6) is -0.0419. The van der Waals surface area contributed by atoms with Crippen molar-refractivity contribution in [1.29, 1.82) is 0 Å². The fourth-order valence-electron chi connectivity index (χ4n) is 11.6. The maximum absolute atomic E-state index is 12.5. The van der Waals surface area contributed by atoms with Crippen LogP contribution >= 0.6 is 0 Å². The second-order valence-corrected chi connectivity index (χ2v) is 25.3. The first-order chi connectivity index (χ1) is 39.5. The molecule has 2 unspecified atom stereocenters. The number of unbranched alkanes of at least 4 members (excludes halogenated alkanes) is 56. The average Bonchev–Trinajstić information content (AvgIpc) is 3.46. The van der Waals surface area contributed by atoms with E-state index in [1.54, 1.807) is 6.08 Å². The molecule has 6 heteroatoms. The van der Waals surface area contributed by atoms with Gasteiger partial charge in [-0.05, 0) is 57.8 Å². The number of allylic oxidation sites excluding steroid dienone is 3. The van der Waals surface area contributed by atoms with Gasteiger partial charge in [0.05, 0.1) is 25.4 Å². The third-order valence-electron chi connectivity index (χ3n) is 17.2. The van der Waals surface area contributed by atoms with Gasteiger partial charge in [-0.1, -0.05) is 366 Å². The number of ether oxygens (including phenoxy) is 1. The number of carbonyl (C=O) groups is 2. The van der Waals surface area contributed by atoms with E-state index in [1.807, 2.05) is 6.08 Å². The van der Waals surface area contributed by atoms with E-state index in [0.717, 1.165) is 38.5 Å². The molecule has 0 saturated heterocycles. The van der Waals surface area contributed by atoms with Crippen molar-refractivity contribution in [3.8, 4) is 0 Å². The lowest BCUT2D eigenvalue weighted by atomic mass is 10.0. The van der Waals surface area contributed by atoms with E-state index in [9.17, 15) is 19.8 Å². The second-order valence-electron chi connectivity index (χ2n) is 25.3. The highest BCUT2D eigenvalue weighted by molar-refractivity contribution is 5.76. The minimum absolute atomic E-state index is 0.0220. The summed E-state index contributed by atoms with van der Waals surface area (Å²) in [5, 5.41) is 23.2. The summed E-state index contributed by atoms with van der Waals surface area (Å²) in [6, 6.07) is -0.626. The monoisotopic (exact) mass is 1130 g/mol. The van der Waals surface area contributed by atoms with E-state index in [4.69, 9.17) is 4.74 Å². The van der Waals surface area contributed by atoms with Gasteiger partial charge in [0.1, 0.15) is 0 Å². The molecular formula is C74H143NO5. The molecule has 474 valence electrons. The fourth-order valence-corrected chi connectivity index (χ4v) is 11.6. The minimum atomic E-state index is -0.843. The molecule has 80 heavy (non-hydrogen) atoms. The van der Waals surface area contributed by atoms with Crippen molar-refractivity contribution in [1.82, 2.24) is 5.32 Å². The molecule has 0 radical (unpaired) electrons. The van der Waals surface area contributed by atoms with Crippen molar-refractivity contribution in [3.63, 3.8) is 0 Å². The van der Waals surface area contributed by atoms with Crippen molar-refractivity contribution in [3.05, 3.63) is 24.3 Å². The number of aliphatic hydroxyl groups is 2. The maximum Gasteiger partial charge on any atom is 0.305 e. The van der Waals surface area contributed by atoms with Crippen LogP contribution in [0.3, 0.4) is 0 Å². The molecule has 0 rings (SSSR count). The average molecular weight is 1130 g/mol. The third kappa shape index (κ3) is 65.5. The first-order valence-corrected chi connectivity index (χ1v) is 36.6. The lowest BCUT2D eigenvalue weighted by Gasteiger charge is -2.20. The first-order valence-electron chi connectivity index (χ1n) is 36.6. The lowest BCUT2D eigenvalue weighted by molar-refractivity contribution is -0.143. The Morgan fingerprint density at radius 2 is 0.588 bits per heavy atom. The van der Waals surface area contributed by atoms with Gasteiger partial charge in [-0.3, -0.25) is 9.59 Å². The highest BCUT2D eigenvalue weighted by atomic mass is 16.5. The topological polar surface area (TPSA) is 95.9 Å². The van der Waals surface area contributed by atoms with E-state index < -0.39 is 12.1 Å². The predicted molar refractivity (Wildman–Crippen MR) is 352 cm³/mol. The van der Waals surface area contributed by atoms with Gasteiger partial charge in [-0.2, -0.15) is 0 Å². The lowest BCUT2D eigenvalue weighted by Crippen LogP contribution is -2.45. The van der Waals surface area contributed by atoms with Gasteiger partial charge in [-0.25, -0.2) is 0 Å². The van der Waals surface area contributed by atoms with Crippen LogP contribution in [0, 0.1) is 0 Å². The molecule has 0 aliphatic carbocycles. The quantitative estimate of drug-likeness (QED) is 0.0320. The zero-order chi connectivity index (χ0) is 57.8. The van der Waals surface area contributed by atoms with E-state index in [0.29, 0.717) is 19.4 Å². The van der Waals surface area contributed by atoms with E-state index in [-0.39, 0.29) is 18.5 Å². The molecule has 0 heterocycles. The SMILES string of the molecule is CCCCCCCCCCCCCCC/C=C/C(O)C(CO)NC(=O)CCCCCCCCCCCCCCCC/C=C\CCCCCCCCCCCCCCOC(=O)CCCCCCCCCCCCCCCCCCCC. The molecule has 0 aliphatic rings. The summed E-state index contributed by atoms with van der Waals surface area (Å²) in [7, 11) is 0. The Bertz CT molecular complexity index is 1250. The molecule has 0 bridgehead atoms. The smallest absolute Gasteiger partial charge is 0.305 e. The Kier molecular flexibility index (Phi) is 68.4. The highest BCUT2D eigenvalue weighted by Crippen LogP contribution is 2.19. The largest absolute Gasteiger partial charge is 0.466 e. The first kappa shape index (κ1) is 78.3. The molecule has 0 aromatic carbocycles. The van der Waals surface area contributed by atoms with Gasteiger partial charge in [0.2, 0.25) is 5.91 Å². The molecule has 1 amide bonds. The molecule has 0 spiro atoms. The summed E-state index contributed by atoms with van der Waals surface area (Å²) < 4.78 is 5.51. The Hall–Kier alpha value is -1.66. The zero-order valence-corrected chi connectivity index (χ0v) is 54.3. The summed E-state index contributed by atoms with van der Waals surface area (Å²) in [6.45, 7) is 4.95. The normalized spacial score (nSPS) is 12.6. The van der Waals surface area contributed by atoms with Crippen molar-refractivity contribution in [2.24, 2.45) is 0 Å². The molecule has 6 nitrogen and oxygen atoms in total. The molecule has 2 atom stereocenters. The van der Waals surface area contributed by atoms with Crippen LogP contribution in [0.1, 0.15) is 412 Å². The van der Waals surface area contributed by atoms with E-state index in [1.165, 1.54) is 347 Å². The molecule has 0 aromatic rings.